The minimum Gasteiger partial charge on any atom is -0.329 e. The number of sulfonamides is 1. The van der Waals surface area contributed by atoms with Crippen molar-refractivity contribution in [2.75, 3.05) is 45.8 Å². The zero-order valence-electron chi connectivity index (χ0n) is 19.2. The summed E-state index contributed by atoms with van der Waals surface area (Å²) in [6.07, 6.45) is 0.679. The predicted octanol–water partition coefficient (Wildman–Crippen LogP) is 1.85. The highest BCUT2D eigenvalue weighted by molar-refractivity contribution is 7.89. The van der Waals surface area contributed by atoms with Crippen molar-refractivity contribution < 1.29 is 18.0 Å². The first-order valence-corrected chi connectivity index (χ1v) is 12.3. The van der Waals surface area contributed by atoms with E-state index in [1.807, 2.05) is 26.0 Å². The lowest BCUT2D eigenvalue weighted by molar-refractivity contribution is -0.125. The predicted molar refractivity (Wildman–Crippen MR) is 120 cm³/mol. The van der Waals surface area contributed by atoms with Crippen LogP contribution in [0.3, 0.4) is 0 Å². The highest BCUT2D eigenvalue weighted by atomic mass is 32.2. The molecule has 2 saturated heterocycles. The van der Waals surface area contributed by atoms with E-state index in [4.69, 9.17) is 0 Å². The Morgan fingerprint density at radius 3 is 2.03 bits per heavy atom. The molecular formula is C22H34N4O4S. The molecule has 0 atom stereocenters. The van der Waals surface area contributed by atoms with Gasteiger partial charge in [-0.15, -0.1) is 0 Å². The van der Waals surface area contributed by atoms with Gasteiger partial charge < -0.3 is 10.2 Å². The number of nitrogens with zero attached hydrogens (tertiary/aromatic N) is 3. The van der Waals surface area contributed by atoms with Crippen molar-refractivity contribution in [2.24, 2.45) is 0 Å². The first-order valence-electron chi connectivity index (χ1n) is 10.8. The SMILES string of the molecule is Cc1cc(C(C)(C)C)cc(C)c1S(=O)(=O)N1CCN(CCCN2C(=O)CNC2=O)CC1. The molecule has 0 spiro atoms. The summed E-state index contributed by atoms with van der Waals surface area (Å²) in [5.74, 6) is -0.191. The van der Waals surface area contributed by atoms with Gasteiger partial charge in [0, 0.05) is 32.7 Å². The molecule has 1 N–H and O–H groups in total. The second-order valence-electron chi connectivity index (χ2n) is 9.49. The molecule has 1 aromatic rings. The highest BCUT2D eigenvalue weighted by Gasteiger charge is 2.32. The van der Waals surface area contributed by atoms with Gasteiger partial charge in [-0.1, -0.05) is 32.9 Å². The summed E-state index contributed by atoms with van der Waals surface area (Å²) in [6, 6.07) is 3.65. The van der Waals surface area contributed by atoms with Gasteiger partial charge in [0.05, 0.1) is 11.4 Å². The Hall–Kier alpha value is -1.97. The molecule has 3 amide bonds. The second kappa shape index (κ2) is 8.88. The standard InChI is InChI=1S/C22H34N4O4S/c1-16-13-18(22(3,4)5)14-17(2)20(16)31(29,30)25-11-9-24(10-12-25)7-6-8-26-19(27)15-23-21(26)28/h13-14H,6-12,15H2,1-5H3,(H,23,28). The van der Waals surface area contributed by atoms with Crippen LogP contribution >= 0.6 is 0 Å². The third kappa shape index (κ3) is 5.10. The zero-order chi connectivity index (χ0) is 23.0. The van der Waals surface area contributed by atoms with Gasteiger partial charge in [-0.3, -0.25) is 9.69 Å². The Morgan fingerprint density at radius 2 is 1.55 bits per heavy atom. The van der Waals surface area contributed by atoms with Crippen LogP contribution in [-0.2, 0) is 20.2 Å². The normalized spacial score (nSPS) is 19.2. The average molecular weight is 451 g/mol. The fraction of sp³-hybridized carbons (Fsp3) is 0.636. The Labute approximate surface area is 185 Å². The van der Waals surface area contributed by atoms with Crippen molar-refractivity contribution in [3.8, 4) is 0 Å². The van der Waals surface area contributed by atoms with Crippen molar-refractivity contribution in [3.63, 3.8) is 0 Å². The van der Waals surface area contributed by atoms with Gasteiger partial charge in [-0.05, 0) is 48.9 Å². The van der Waals surface area contributed by atoms with Crippen LogP contribution < -0.4 is 5.32 Å². The number of benzene rings is 1. The lowest BCUT2D eigenvalue weighted by Gasteiger charge is -2.35. The van der Waals surface area contributed by atoms with Crippen LogP contribution in [0.2, 0.25) is 0 Å². The number of amides is 3. The number of hydrogen-bond acceptors (Lipinski definition) is 5. The van der Waals surface area contributed by atoms with E-state index in [1.54, 1.807) is 4.31 Å². The van der Waals surface area contributed by atoms with E-state index in [0.717, 1.165) is 23.2 Å². The van der Waals surface area contributed by atoms with Crippen LogP contribution in [0, 0.1) is 13.8 Å². The van der Waals surface area contributed by atoms with Crippen LogP contribution in [-0.4, -0.2) is 80.3 Å². The van der Waals surface area contributed by atoms with Crippen molar-refractivity contribution in [2.45, 2.75) is 51.3 Å². The van der Waals surface area contributed by atoms with Crippen molar-refractivity contribution >= 4 is 22.0 Å². The molecule has 2 fully saturated rings. The largest absolute Gasteiger partial charge is 0.329 e. The molecule has 0 radical (unpaired) electrons. The molecule has 0 aliphatic carbocycles. The van der Waals surface area contributed by atoms with Crippen molar-refractivity contribution in [3.05, 3.63) is 28.8 Å². The average Bonchev–Trinajstić information content (AvgIpc) is 2.99. The summed E-state index contributed by atoms with van der Waals surface area (Å²) in [5.41, 5.74) is 2.68. The number of urea groups is 1. The van der Waals surface area contributed by atoms with Gasteiger partial charge in [0.2, 0.25) is 15.9 Å². The van der Waals surface area contributed by atoms with Crippen LogP contribution in [0.5, 0.6) is 0 Å². The van der Waals surface area contributed by atoms with Crippen molar-refractivity contribution in [1.29, 1.82) is 0 Å². The molecule has 0 aromatic heterocycles. The molecule has 0 bridgehead atoms. The molecule has 1 aromatic carbocycles. The molecular weight excluding hydrogens is 416 g/mol. The number of hydrogen-bond donors (Lipinski definition) is 1. The Kier molecular flexibility index (Phi) is 6.78. The molecule has 3 rings (SSSR count). The smallest absolute Gasteiger partial charge is 0.324 e. The molecule has 172 valence electrons. The van der Waals surface area contributed by atoms with E-state index in [0.29, 0.717) is 44.0 Å². The maximum absolute atomic E-state index is 13.4. The fourth-order valence-corrected chi connectivity index (χ4v) is 6.08. The van der Waals surface area contributed by atoms with Gasteiger partial charge in [0.25, 0.3) is 0 Å². The Balaban J connectivity index is 1.60. The van der Waals surface area contributed by atoms with Crippen LogP contribution in [0.4, 0.5) is 4.79 Å². The lowest BCUT2D eigenvalue weighted by Crippen LogP contribution is -2.49. The van der Waals surface area contributed by atoms with Gasteiger partial charge in [-0.25, -0.2) is 13.2 Å². The maximum atomic E-state index is 13.4. The molecule has 0 unspecified atom stereocenters. The van der Waals surface area contributed by atoms with E-state index in [2.05, 4.69) is 31.0 Å². The minimum atomic E-state index is -3.56. The number of rotatable bonds is 6. The quantitative estimate of drug-likeness (QED) is 0.668. The molecule has 2 heterocycles. The molecule has 2 aliphatic rings. The monoisotopic (exact) mass is 450 g/mol. The van der Waals surface area contributed by atoms with Gasteiger partial charge in [0.1, 0.15) is 0 Å². The van der Waals surface area contributed by atoms with Gasteiger partial charge in [0.15, 0.2) is 0 Å². The number of aryl methyl sites for hydroxylation is 2. The lowest BCUT2D eigenvalue weighted by atomic mass is 9.85. The van der Waals surface area contributed by atoms with Crippen molar-refractivity contribution in [1.82, 2.24) is 19.4 Å². The number of nitrogens with one attached hydrogen (secondary N) is 1. The van der Waals surface area contributed by atoms with E-state index in [1.165, 1.54) is 4.90 Å². The Morgan fingerprint density at radius 1 is 0.968 bits per heavy atom. The van der Waals surface area contributed by atoms with Gasteiger partial charge in [-0.2, -0.15) is 4.31 Å². The Bertz CT molecular complexity index is 921. The molecule has 31 heavy (non-hydrogen) atoms. The summed E-state index contributed by atoms with van der Waals surface area (Å²) < 4.78 is 28.3. The van der Waals surface area contributed by atoms with Crippen LogP contribution in [0.25, 0.3) is 0 Å². The molecule has 2 aliphatic heterocycles. The number of carbonyl (C=O) groups is 2. The summed E-state index contributed by atoms with van der Waals surface area (Å²) in [6.45, 7) is 13.5. The third-order valence-corrected chi connectivity index (χ3v) is 8.25. The summed E-state index contributed by atoms with van der Waals surface area (Å²) in [7, 11) is -3.56. The zero-order valence-corrected chi connectivity index (χ0v) is 20.0. The first-order chi connectivity index (χ1) is 14.4. The molecule has 9 heteroatoms. The maximum Gasteiger partial charge on any atom is 0.324 e. The minimum absolute atomic E-state index is 0.0379. The summed E-state index contributed by atoms with van der Waals surface area (Å²) >= 11 is 0. The first kappa shape index (κ1) is 23.7. The number of piperazine rings is 1. The van der Waals surface area contributed by atoms with E-state index >= 15 is 0 Å². The molecule has 8 nitrogen and oxygen atoms in total. The van der Waals surface area contributed by atoms with Gasteiger partial charge >= 0.3 is 6.03 Å². The fourth-order valence-electron chi connectivity index (χ4n) is 4.25. The highest BCUT2D eigenvalue weighted by Crippen LogP contribution is 2.31. The van der Waals surface area contributed by atoms with E-state index < -0.39 is 10.0 Å². The summed E-state index contributed by atoms with van der Waals surface area (Å²) in [5, 5.41) is 2.52. The van der Waals surface area contributed by atoms with Crippen LogP contribution in [0.15, 0.2) is 17.0 Å². The van der Waals surface area contributed by atoms with E-state index in [9.17, 15) is 18.0 Å². The van der Waals surface area contributed by atoms with Crippen LogP contribution in [0.1, 0.15) is 43.9 Å². The topological polar surface area (TPSA) is 90.0 Å². The van der Waals surface area contributed by atoms with E-state index in [-0.39, 0.29) is 23.9 Å². The number of imide groups is 1. The second-order valence-corrected chi connectivity index (χ2v) is 11.4. The third-order valence-electron chi connectivity index (χ3n) is 6.05. The number of carbonyl (C=O) groups excluding carboxylic acids is 2. The summed E-state index contributed by atoms with van der Waals surface area (Å²) in [4.78, 5) is 27.1. The molecule has 0 saturated carbocycles.